The van der Waals surface area contributed by atoms with Gasteiger partial charge in [0.1, 0.15) is 18.0 Å². The van der Waals surface area contributed by atoms with E-state index >= 15 is 0 Å². The van der Waals surface area contributed by atoms with Gasteiger partial charge in [-0.1, -0.05) is 33.8 Å². The third-order valence-electron chi connectivity index (χ3n) is 10.6. The van der Waals surface area contributed by atoms with Gasteiger partial charge in [-0.05, 0) is 49.4 Å². The summed E-state index contributed by atoms with van der Waals surface area (Å²) in [6, 6.07) is 2.08. The summed E-state index contributed by atoms with van der Waals surface area (Å²) in [5.74, 6) is -0.182. The number of nitrogens with one attached hydrogen (secondary N) is 1. The molecule has 1 saturated heterocycles. The van der Waals surface area contributed by atoms with Crippen molar-refractivity contribution >= 4 is 18.0 Å². The number of nitriles is 1. The third kappa shape index (κ3) is 4.57. The van der Waals surface area contributed by atoms with Crippen LogP contribution < -0.4 is 5.32 Å². The zero-order chi connectivity index (χ0) is 27.2. The highest BCUT2D eigenvalue weighted by Gasteiger charge is 2.68. The van der Waals surface area contributed by atoms with E-state index < -0.39 is 41.3 Å². The lowest BCUT2D eigenvalue weighted by Crippen LogP contribution is -2.63. The molecule has 0 aromatic rings. The fraction of sp³-hybridized carbons (Fsp3) is 0.786. The van der Waals surface area contributed by atoms with Gasteiger partial charge in [0.25, 0.3) is 0 Å². The number of ether oxygens (including phenoxy) is 2. The minimum Gasteiger partial charge on any atom is -0.445 e. The van der Waals surface area contributed by atoms with Crippen LogP contribution in [-0.4, -0.2) is 65.9 Å². The second-order valence-electron chi connectivity index (χ2n) is 12.3. The first-order valence-corrected chi connectivity index (χ1v) is 13.5. The molecule has 3 saturated carbocycles. The topological polar surface area (TPSA) is 129 Å². The number of rotatable bonds is 4. The first-order valence-electron chi connectivity index (χ1n) is 13.5. The van der Waals surface area contributed by atoms with Crippen molar-refractivity contribution in [1.29, 1.82) is 5.26 Å². The fourth-order valence-electron chi connectivity index (χ4n) is 8.06. The van der Waals surface area contributed by atoms with Crippen molar-refractivity contribution in [3.05, 3.63) is 12.7 Å². The molecule has 204 valence electrons. The van der Waals surface area contributed by atoms with Crippen molar-refractivity contribution in [2.45, 2.75) is 84.5 Å². The van der Waals surface area contributed by atoms with E-state index in [2.05, 4.69) is 31.8 Å². The zero-order valence-corrected chi connectivity index (χ0v) is 22.5. The molecular weight excluding hydrogens is 474 g/mol. The number of nitrogens with zero attached hydrogens (tertiary/aromatic N) is 2. The molecule has 9 heteroatoms. The quantitative estimate of drug-likeness (QED) is 0.427. The van der Waals surface area contributed by atoms with Gasteiger partial charge in [-0.3, -0.25) is 9.69 Å². The van der Waals surface area contributed by atoms with Crippen molar-refractivity contribution in [2.75, 3.05) is 19.6 Å². The Morgan fingerprint density at radius 1 is 1.24 bits per heavy atom. The summed E-state index contributed by atoms with van der Waals surface area (Å²) in [6.07, 6.45) is 1.81. The number of imide groups is 1. The summed E-state index contributed by atoms with van der Waals surface area (Å²) in [6.45, 7) is 13.5. The number of amides is 2. The Morgan fingerprint density at radius 2 is 1.95 bits per heavy atom. The van der Waals surface area contributed by atoms with Gasteiger partial charge in [0.2, 0.25) is 0 Å². The number of aliphatic hydroxyl groups excluding tert-OH is 1. The van der Waals surface area contributed by atoms with Gasteiger partial charge >= 0.3 is 12.2 Å². The molecule has 3 aliphatic carbocycles. The van der Waals surface area contributed by atoms with E-state index in [-0.39, 0.29) is 41.9 Å². The van der Waals surface area contributed by atoms with E-state index in [0.717, 1.165) is 19.3 Å². The number of carbonyl (C=O) groups excluding carboxylic acids is 3. The number of carbonyl (C=O) groups is 3. The lowest BCUT2D eigenvalue weighted by atomic mass is 9.44. The SMILES string of the molecule is C=C[C@]1(C)C[C@@H](OC(=O)NC(=O)O[C@@H]2CCN(CC#N)C2)[C@]2(C)[C@H](C)CC[C@]3(CCC(=O)[C@H]32)[C@@H](C)[C@@H]1O. The van der Waals surface area contributed by atoms with Crippen molar-refractivity contribution in [3.63, 3.8) is 0 Å². The molecule has 4 aliphatic rings. The van der Waals surface area contributed by atoms with E-state index in [4.69, 9.17) is 14.7 Å². The fourth-order valence-corrected chi connectivity index (χ4v) is 8.06. The van der Waals surface area contributed by atoms with Crippen molar-refractivity contribution in [2.24, 2.45) is 34.0 Å². The Kier molecular flexibility index (Phi) is 7.48. The van der Waals surface area contributed by atoms with E-state index in [1.165, 1.54) is 0 Å². The molecule has 2 amide bonds. The summed E-state index contributed by atoms with van der Waals surface area (Å²) in [7, 11) is 0. The third-order valence-corrected chi connectivity index (χ3v) is 10.6. The summed E-state index contributed by atoms with van der Waals surface area (Å²) >= 11 is 0. The Morgan fingerprint density at radius 3 is 2.62 bits per heavy atom. The lowest BCUT2D eigenvalue weighted by molar-refractivity contribution is -0.191. The van der Waals surface area contributed by atoms with Crippen LogP contribution in [0, 0.1) is 45.3 Å². The lowest BCUT2D eigenvalue weighted by Gasteiger charge is -2.61. The molecule has 0 aromatic heterocycles. The Labute approximate surface area is 219 Å². The highest BCUT2D eigenvalue weighted by molar-refractivity contribution is 5.88. The number of alkyl carbamates (subject to hydrolysis) is 2. The smallest absolute Gasteiger partial charge is 0.416 e. The normalized spacial score (nSPS) is 43.6. The second kappa shape index (κ2) is 10.0. The van der Waals surface area contributed by atoms with Crippen LogP contribution in [0.5, 0.6) is 0 Å². The number of Topliss-reactive ketones (excluding diaryl/α,β-unsaturated/α-hetero) is 1. The van der Waals surface area contributed by atoms with Crippen LogP contribution in [0.1, 0.15) is 66.2 Å². The number of likely N-dealkylation sites (tertiary alicyclic amines) is 1. The summed E-state index contributed by atoms with van der Waals surface area (Å²) in [5.41, 5.74) is -1.77. The molecule has 4 rings (SSSR count). The number of aliphatic hydroxyl groups is 1. The average Bonchev–Trinajstić information content (AvgIpc) is 3.44. The number of hydrogen-bond acceptors (Lipinski definition) is 8. The van der Waals surface area contributed by atoms with E-state index in [1.54, 1.807) is 6.08 Å². The molecule has 2 bridgehead atoms. The van der Waals surface area contributed by atoms with Gasteiger partial charge in [0.15, 0.2) is 0 Å². The molecule has 9 nitrogen and oxygen atoms in total. The van der Waals surface area contributed by atoms with Crippen LogP contribution in [0.25, 0.3) is 0 Å². The minimum absolute atomic E-state index is 0.0959. The summed E-state index contributed by atoms with van der Waals surface area (Å²) in [4.78, 5) is 40.8. The van der Waals surface area contributed by atoms with Gasteiger partial charge in [-0.2, -0.15) is 5.26 Å². The average molecular weight is 516 g/mol. The standard InChI is InChI=1S/C28H41N3O6/c1-6-26(4)15-21(37-25(35)30-24(34)36-19-9-13-31(16-19)14-12-29)27(5)17(2)7-10-28(18(3)23(26)33)11-8-20(32)22(27)28/h6,17-19,21-23,33H,1,7-11,13-16H2,2-5H3,(H,30,34,35)/t17-,18+,19-,21-,22+,23+,26-,27+,28+/m1/s1. The van der Waals surface area contributed by atoms with Crippen LogP contribution in [0.2, 0.25) is 0 Å². The molecular formula is C28H41N3O6. The van der Waals surface area contributed by atoms with Gasteiger partial charge < -0.3 is 14.6 Å². The second-order valence-corrected chi connectivity index (χ2v) is 12.3. The first kappa shape index (κ1) is 27.6. The van der Waals surface area contributed by atoms with Crippen LogP contribution in [0.3, 0.4) is 0 Å². The number of ketones is 1. The Hall–Kier alpha value is -2.44. The molecule has 2 N–H and O–H groups in total. The van der Waals surface area contributed by atoms with E-state index in [9.17, 15) is 19.5 Å². The van der Waals surface area contributed by atoms with Crippen LogP contribution >= 0.6 is 0 Å². The van der Waals surface area contributed by atoms with E-state index in [0.29, 0.717) is 25.9 Å². The van der Waals surface area contributed by atoms with E-state index in [1.807, 2.05) is 18.7 Å². The van der Waals surface area contributed by atoms with Crippen LogP contribution in [0.15, 0.2) is 12.7 Å². The highest BCUT2D eigenvalue weighted by atomic mass is 16.6. The Bertz CT molecular complexity index is 995. The van der Waals surface area contributed by atoms with Crippen molar-refractivity contribution in [3.8, 4) is 6.07 Å². The summed E-state index contributed by atoms with van der Waals surface area (Å²) < 4.78 is 11.4. The summed E-state index contributed by atoms with van der Waals surface area (Å²) in [5, 5.41) is 22.6. The van der Waals surface area contributed by atoms with Gasteiger partial charge in [0.05, 0.1) is 18.7 Å². The molecule has 1 aliphatic heterocycles. The first-order chi connectivity index (χ1) is 17.4. The molecule has 37 heavy (non-hydrogen) atoms. The predicted molar refractivity (Wildman–Crippen MR) is 135 cm³/mol. The Balaban J connectivity index is 1.57. The maximum atomic E-state index is 13.4. The number of hydrogen-bond donors (Lipinski definition) is 2. The molecule has 0 aromatic carbocycles. The monoisotopic (exact) mass is 515 g/mol. The van der Waals surface area contributed by atoms with Crippen LogP contribution in [0.4, 0.5) is 9.59 Å². The predicted octanol–water partition coefficient (Wildman–Crippen LogP) is 3.81. The maximum absolute atomic E-state index is 13.4. The molecule has 9 atom stereocenters. The van der Waals surface area contributed by atoms with Gasteiger partial charge in [-0.15, -0.1) is 6.58 Å². The van der Waals surface area contributed by atoms with Crippen molar-refractivity contribution < 1.29 is 29.0 Å². The minimum atomic E-state index is -0.925. The molecule has 0 spiro atoms. The molecule has 4 fully saturated rings. The molecule has 0 unspecified atom stereocenters. The molecule has 0 radical (unpaired) electrons. The van der Waals surface area contributed by atoms with Gasteiger partial charge in [0, 0.05) is 36.3 Å². The largest absolute Gasteiger partial charge is 0.445 e. The van der Waals surface area contributed by atoms with Crippen LogP contribution in [-0.2, 0) is 14.3 Å². The van der Waals surface area contributed by atoms with Crippen molar-refractivity contribution in [1.82, 2.24) is 10.2 Å². The maximum Gasteiger partial charge on any atom is 0.416 e. The van der Waals surface area contributed by atoms with Gasteiger partial charge in [-0.25, -0.2) is 14.9 Å². The zero-order valence-electron chi connectivity index (χ0n) is 22.5. The highest BCUT2D eigenvalue weighted by Crippen LogP contribution is 2.67. The molecule has 1 heterocycles.